The van der Waals surface area contributed by atoms with Gasteiger partial charge in [0.1, 0.15) is 0 Å². The third-order valence-electron chi connectivity index (χ3n) is 2.18. The Bertz CT molecular complexity index is 312. The second kappa shape index (κ2) is 6.04. The molecule has 74 valence electrons. The second-order valence-corrected chi connectivity index (χ2v) is 3.20. The Morgan fingerprint density at radius 2 is 2.14 bits per heavy atom. The Kier molecular flexibility index (Phi) is 4.57. The Labute approximate surface area is 85.6 Å². The summed E-state index contributed by atoms with van der Waals surface area (Å²) in [6, 6.07) is 10.5. The van der Waals surface area contributed by atoms with Crippen LogP contribution in [-0.2, 0) is 6.42 Å². The van der Waals surface area contributed by atoms with Gasteiger partial charge in [0.25, 0.3) is 0 Å². The number of hydrogen-bond donors (Lipinski definition) is 1. The highest BCUT2D eigenvalue weighted by molar-refractivity contribution is 5.50. The fourth-order valence-electron chi connectivity index (χ4n) is 1.39. The molecule has 1 aromatic carbocycles. The van der Waals surface area contributed by atoms with Crippen LogP contribution in [0.5, 0.6) is 0 Å². The standard InChI is InChI=1S/C12H16N2/c1-2-11-7-3-4-8-12(11)14-10-6-5-9-13/h3-4,7-8,14H,2,5-6,10H2,1H3. The van der Waals surface area contributed by atoms with Gasteiger partial charge in [-0.05, 0) is 24.5 Å². The van der Waals surface area contributed by atoms with Crippen molar-refractivity contribution >= 4 is 5.69 Å². The monoisotopic (exact) mass is 188 g/mol. The third kappa shape index (κ3) is 3.10. The quantitative estimate of drug-likeness (QED) is 0.721. The number of nitrogens with zero attached hydrogens (tertiary/aromatic N) is 1. The normalized spacial score (nSPS) is 9.43. The van der Waals surface area contributed by atoms with E-state index in [1.165, 1.54) is 11.3 Å². The van der Waals surface area contributed by atoms with Crippen LogP contribution in [0.1, 0.15) is 25.3 Å². The number of aryl methyl sites for hydroxylation is 1. The molecular formula is C12H16N2. The van der Waals surface area contributed by atoms with Gasteiger partial charge in [0.15, 0.2) is 0 Å². The van der Waals surface area contributed by atoms with Gasteiger partial charge >= 0.3 is 0 Å². The summed E-state index contributed by atoms with van der Waals surface area (Å²) in [5, 5.41) is 11.7. The number of hydrogen-bond acceptors (Lipinski definition) is 2. The molecule has 0 amide bonds. The lowest BCUT2D eigenvalue weighted by molar-refractivity contribution is 0.895. The molecule has 0 aliphatic carbocycles. The van der Waals surface area contributed by atoms with Gasteiger partial charge in [0, 0.05) is 18.7 Å². The van der Waals surface area contributed by atoms with Crippen molar-refractivity contribution in [2.75, 3.05) is 11.9 Å². The minimum atomic E-state index is 0.626. The molecule has 1 rings (SSSR count). The van der Waals surface area contributed by atoms with Crippen molar-refractivity contribution in [1.82, 2.24) is 0 Å². The van der Waals surface area contributed by atoms with Gasteiger partial charge in [-0.1, -0.05) is 25.1 Å². The number of rotatable bonds is 5. The first-order valence-corrected chi connectivity index (χ1v) is 5.07. The van der Waals surface area contributed by atoms with Crippen LogP contribution in [0.2, 0.25) is 0 Å². The molecule has 2 nitrogen and oxygen atoms in total. The van der Waals surface area contributed by atoms with Crippen molar-refractivity contribution < 1.29 is 0 Å². The van der Waals surface area contributed by atoms with Crippen LogP contribution in [0, 0.1) is 11.3 Å². The van der Waals surface area contributed by atoms with Gasteiger partial charge in [0.05, 0.1) is 6.07 Å². The van der Waals surface area contributed by atoms with E-state index in [4.69, 9.17) is 5.26 Å². The van der Waals surface area contributed by atoms with Crippen molar-refractivity contribution in [1.29, 1.82) is 5.26 Å². The lowest BCUT2D eigenvalue weighted by Gasteiger charge is -2.09. The number of para-hydroxylation sites is 1. The molecule has 0 unspecified atom stereocenters. The van der Waals surface area contributed by atoms with Gasteiger partial charge in [-0.15, -0.1) is 0 Å². The van der Waals surface area contributed by atoms with Crippen molar-refractivity contribution in [3.8, 4) is 6.07 Å². The summed E-state index contributed by atoms with van der Waals surface area (Å²) >= 11 is 0. The Morgan fingerprint density at radius 1 is 1.36 bits per heavy atom. The zero-order valence-corrected chi connectivity index (χ0v) is 8.59. The molecule has 0 bridgehead atoms. The summed E-state index contributed by atoms with van der Waals surface area (Å²) in [6.45, 7) is 3.03. The Balaban J connectivity index is 2.46. The van der Waals surface area contributed by atoms with Gasteiger partial charge in [-0.2, -0.15) is 5.26 Å². The average Bonchev–Trinajstić information content (AvgIpc) is 2.25. The fourth-order valence-corrected chi connectivity index (χ4v) is 1.39. The van der Waals surface area contributed by atoms with Crippen molar-refractivity contribution in [3.05, 3.63) is 29.8 Å². The maximum atomic E-state index is 8.39. The largest absolute Gasteiger partial charge is 0.385 e. The van der Waals surface area contributed by atoms with Gasteiger partial charge in [-0.3, -0.25) is 0 Å². The molecule has 1 aromatic rings. The molecule has 0 spiro atoms. The smallest absolute Gasteiger partial charge is 0.0622 e. The van der Waals surface area contributed by atoms with E-state index in [1.807, 2.05) is 6.07 Å². The van der Waals surface area contributed by atoms with Crippen molar-refractivity contribution in [2.24, 2.45) is 0 Å². The zero-order chi connectivity index (χ0) is 10.2. The van der Waals surface area contributed by atoms with E-state index in [0.717, 1.165) is 19.4 Å². The number of anilines is 1. The van der Waals surface area contributed by atoms with E-state index in [1.54, 1.807) is 0 Å². The summed E-state index contributed by atoms with van der Waals surface area (Å²) in [5.74, 6) is 0. The second-order valence-electron chi connectivity index (χ2n) is 3.20. The molecule has 0 heterocycles. The summed E-state index contributed by atoms with van der Waals surface area (Å²) in [4.78, 5) is 0. The van der Waals surface area contributed by atoms with E-state index >= 15 is 0 Å². The van der Waals surface area contributed by atoms with Gasteiger partial charge < -0.3 is 5.32 Å². The molecule has 0 radical (unpaired) electrons. The van der Waals surface area contributed by atoms with Crippen molar-refractivity contribution in [3.63, 3.8) is 0 Å². The van der Waals surface area contributed by atoms with Crippen LogP contribution in [0.4, 0.5) is 5.69 Å². The maximum absolute atomic E-state index is 8.39. The van der Waals surface area contributed by atoms with Crippen LogP contribution < -0.4 is 5.32 Å². The molecule has 0 aliphatic rings. The minimum Gasteiger partial charge on any atom is -0.385 e. The number of benzene rings is 1. The zero-order valence-electron chi connectivity index (χ0n) is 8.59. The van der Waals surface area contributed by atoms with Gasteiger partial charge in [0.2, 0.25) is 0 Å². The molecule has 0 aromatic heterocycles. The predicted octanol–water partition coefficient (Wildman–Crippen LogP) is 2.96. The van der Waals surface area contributed by atoms with Crippen LogP contribution >= 0.6 is 0 Å². The van der Waals surface area contributed by atoms with E-state index in [9.17, 15) is 0 Å². The molecule has 0 saturated carbocycles. The van der Waals surface area contributed by atoms with Crippen LogP contribution in [0.3, 0.4) is 0 Å². The SMILES string of the molecule is CCc1ccccc1NCCCC#N. The molecule has 2 heteroatoms. The number of nitrogens with one attached hydrogen (secondary N) is 1. The number of unbranched alkanes of at least 4 members (excludes halogenated alkanes) is 1. The lowest BCUT2D eigenvalue weighted by atomic mass is 10.1. The average molecular weight is 188 g/mol. The van der Waals surface area contributed by atoms with Crippen LogP contribution in [0.25, 0.3) is 0 Å². The highest BCUT2D eigenvalue weighted by atomic mass is 14.9. The van der Waals surface area contributed by atoms with Crippen LogP contribution in [-0.4, -0.2) is 6.54 Å². The Hall–Kier alpha value is -1.49. The molecule has 0 saturated heterocycles. The van der Waals surface area contributed by atoms with E-state index in [2.05, 4.69) is 36.5 Å². The molecular weight excluding hydrogens is 172 g/mol. The lowest BCUT2D eigenvalue weighted by Crippen LogP contribution is -2.03. The minimum absolute atomic E-state index is 0.626. The molecule has 14 heavy (non-hydrogen) atoms. The van der Waals surface area contributed by atoms with Gasteiger partial charge in [-0.25, -0.2) is 0 Å². The summed E-state index contributed by atoms with van der Waals surface area (Å²) in [5.41, 5.74) is 2.54. The summed E-state index contributed by atoms with van der Waals surface area (Å²) in [7, 11) is 0. The van der Waals surface area contributed by atoms with Crippen LogP contribution in [0.15, 0.2) is 24.3 Å². The molecule has 0 fully saturated rings. The Morgan fingerprint density at radius 3 is 2.86 bits per heavy atom. The fraction of sp³-hybridized carbons (Fsp3) is 0.417. The first-order valence-electron chi connectivity index (χ1n) is 5.07. The van der Waals surface area contributed by atoms with Crippen molar-refractivity contribution in [2.45, 2.75) is 26.2 Å². The highest BCUT2D eigenvalue weighted by Crippen LogP contribution is 2.15. The topological polar surface area (TPSA) is 35.8 Å². The summed E-state index contributed by atoms with van der Waals surface area (Å²) < 4.78 is 0. The molecule has 1 N–H and O–H groups in total. The third-order valence-corrected chi connectivity index (χ3v) is 2.18. The summed E-state index contributed by atoms with van der Waals surface area (Å²) in [6.07, 6.45) is 2.58. The highest BCUT2D eigenvalue weighted by Gasteiger charge is 1.97. The maximum Gasteiger partial charge on any atom is 0.0622 e. The van der Waals surface area contributed by atoms with E-state index in [-0.39, 0.29) is 0 Å². The van der Waals surface area contributed by atoms with E-state index in [0.29, 0.717) is 6.42 Å². The molecule has 0 atom stereocenters. The predicted molar refractivity (Wildman–Crippen MR) is 59.2 cm³/mol. The van der Waals surface area contributed by atoms with E-state index < -0.39 is 0 Å². The molecule has 0 aliphatic heterocycles. The first kappa shape index (κ1) is 10.6. The number of nitriles is 1. The first-order chi connectivity index (χ1) is 6.88.